The topological polar surface area (TPSA) is 104 Å². The Morgan fingerprint density at radius 2 is 2.20 bits per heavy atom. The maximum Gasteiger partial charge on any atom is 0.258 e. The SMILES string of the molecule is CCOCCc1c(O)nc(SCC(=O)Nc2ccccc2F)[nH]c1=O. The maximum absolute atomic E-state index is 13.5. The number of aromatic hydroxyl groups is 1. The summed E-state index contributed by atoms with van der Waals surface area (Å²) in [6, 6.07) is 5.80. The summed E-state index contributed by atoms with van der Waals surface area (Å²) in [4.78, 5) is 30.2. The van der Waals surface area contributed by atoms with Crippen molar-refractivity contribution >= 4 is 23.4 Å². The quantitative estimate of drug-likeness (QED) is 0.374. The van der Waals surface area contributed by atoms with E-state index in [2.05, 4.69) is 15.3 Å². The van der Waals surface area contributed by atoms with E-state index in [-0.39, 0.29) is 34.5 Å². The highest BCUT2D eigenvalue weighted by atomic mass is 32.2. The molecule has 0 atom stereocenters. The van der Waals surface area contributed by atoms with E-state index in [1.54, 1.807) is 6.07 Å². The second-order valence-electron chi connectivity index (χ2n) is 4.94. The number of aromatic amines is 1. The molecule has 2 aromatic rings. The van der Waals surface area contributed by atoms with Gasteiger partial charge in [0.2, 0.25) is 11.8 Å². The van der Waals surface area contributed by atoms with Gasteiger partial charge in [0, 0.05) is 13.0 Å². The summed E-state index contributed by atoms with van der Waals surface area (Å²) in [5, 5.41) is 12.4. The molecule has 7 nitrogen and oxygen atoms in total. The van der Waals surface area contributed by atoms with E-state index < -0.39 is 17.3 Å². The summed E-state index contributed by atoms with van der Waals surface area (Å²) in [5.41, 5.74) is -0.276. The van der Waals surface area contributed by atoms with E-state index in [4.69, 9.17) is 4.74 Å². The number of rotatable bonds is 8. The molecule has 1 aromatic heterocycles. The van der Waals surface area contributed by atoms with Gasteiger partial charge in [-0.05, 0) is 19.1 Å². The lowest BCUT2D eigenvalue weighted by atomic mass is 10.2. The van der Waals surface area contributed by atoms with Gasteiger partial charge in [0.15, 0.2) is 5.16 Å². The van der Waals surface area contributed by atoms with Crippen molar-refractivity contribution in [3.05, 3.63) is 46.0 Å². The lowest BCUT2D eigenvalue weighted by molar-refractivity contribution is -0.113. The number of hydrogen-bond donors (Lipinski definition) is 3. The van der Waals surface area contributed by atoms with Crippen LogP contribution >= 0.6 is 11.8 Å². The van der Waals surface area contributed by atoms with E-state index >= 15 is 0 Å². The van der Waals surface area contributed by atoms with Gasteiger partial charge in [-0.1, -0.05) is 23.9 Å². The molecule has 1 amide bonds. The average molecular weight is 367 g/mol. The first-order valence-corrected chi connectivity index (χ1v) is 8.57. The molecule has 0 spiro atoms. The molecule has 0 fully saturated rings. The smallest absolute Gasteiger partial charge is 0.258 e. The van der Waals surface area contributed by atoms with Crippen LogP contribution in [0.2, 0.25) is 0 Å². The minimum Gasteiger partial charge on any atom is -0.493 e. The Morgan fingerprint density at radius 3 is 2.88 bits per heavy atom. The standard InChI is InChI=1S/C16H18FN3O4S/c1-2-24-8-7-10-14(22)19-16(20-15(10)23)25-9-13(21)18-12-6-4-3-5-11(12)17/h3-6H,2,7-9H2,1H3,(H,18,21)(H2,19,20,22,23). The second-order valence-corrected chi connectivity index (χ2v) is 5.90. The highest BCUT2D eigenvalue weighted by Gasteiger charge is 2.13. The Hall–Kier alpha value is -2.39. The molecule has 0 saturated heterocycles. The minimum atomic E-state index is -0.538. The maximum atomic E-state index is 13.5. The Morgan fingerprint density at radius 1 is 1.44 bits per heavy atom. The van der Waals surface area contributed by atoms with Crippen LogP contribution in [-0.4, -0.2) is 39.9 Å². The number of anilines is 1. The van der Waals surface area contributed by atoms with E-state index in [1.807, 2.05) is 6.92 Å². The number of carbonyl (C=O) groups is 1. The highest BCUT2D eigenvalue weighted by molar-refractivity contribution is 7.99. The summed E-state index contributed by atoms with van der Waals surface area (Å²) in [6.45, 7) is 2.64. The van der Waals surface area contributed by atoms with Gasteiger partial charge in [-0.25, -0.2) is 4.39 Å². The van der Waals surface area contributed by atoms with Crippen molar-refractivity contribution in [2.24, 2.45) is 0 Å². The van der Waals surface area contributed by atoms with Gasteiger partial charge in [0.05, 0.1) is 23.6 Å². The fourth-order valence-electron chi connectivity index (χ4n) is 1.96. The van der Waals surface area contributed by atoms with E-state index in [0.29, 0.717) is 13.2 Å². The third kappa shape index (κ3) is 5.57. The van der Waals surface area contributed by atoms with Crippen LogP contribution in [-0.2, 0) is 16.0 Å². The van der Waals surface area contributed by atoms with Gasteiger partial charge in [0.1, 0.15) is 5.82 Å². The van der Waals surface area contributed by atoms with Crippen LogP contribution in [0.5, 0.6) is 5.88 Å². The normalized spacial score (nSPS) is 10.6. The predicted molar refractivity (Wildman–Crippen MR) is 92.5 cm³/mol. The first-order valence-electron chi connectivity index (χ1n) is 7.58. The molecule has 134 valence electrons. The number of amides is 1. The van der Waals surface area contributed by atoms with Gasteiger partial charge >= 0.3 is 0 Å². The molecule has 0 radical (unpaired) electrons. The lowest BCUT2D eigenvalue weighted by Gasteiger charge is -2.07. The Kier molecular flexibility index (Phi) is 6.96. The van der Waals surface area contributed by atoms with Crippen LogP contribution in [0.4, 0.5) is 10.1 Å². The zero-order valence-corrected chi connectivity index (χ0v) is 14.4. The third-order valence-corrected chi connectivity index (χ3v) is 4.03. The number of carbonyl (C=O) groups excluding carboxylic acids is 1. The fourth-order valence-corrected chi connectivity index (χ4v) is 2.62. The summed E-state index contributed by atoms with van der Waals surface area (Å²) in [6.07, 6.45) is 0.237. The van der Waals surface area contributed by atoms with Crippen molar-refractivity contribution in [3.63, 3.8) is 0 Å². The third-order valence-electron chi connectivity index (χ3n) is 3.16. The number of H-pyrrole nitrogens is 1. The van der Waals surface area contributed by atoms with Crippen molar-refractivity contribution < 1.29 is 19.0 Å². The number of benzene rings is 1. The summed E-state index contributed by atoms with van der Waals surface area (Å²) in [7, 11) is 0. The minimum absolute atomic E-state index is 0.0728. The highest BCUT2D eigenvalue weighted by Crippen LogP contribution is 2.18. The first-order chi connectivity index (χ1) is 12.0. The van der Waals surface area contributed by atoms with Crippen molar-refractivity contribution in [2.75, 3.05) is 24.3 Å². The van der Waals surface area contributed by atoms with E-state index in [0.717, 1.165) is 11.8 Å². The monoisotopic (exact) mass is 367 g/mol. The number of halogens is 1. The van der Waals surface area contributed by atoms with Crippen LogP contribution in [0.25, 0.3) is 0 Å². The second kappa shape index (κ2) is 9.19. The van der Waals surface area contributed by atoms with E-state index in [9.17, 15) is 19.1 Å². The van der Waals surface area contributed by atoms with Crippen LogP contribution in [0.1, 0.15) is 12.5 Å². The number of nitrogens with zero attached hydrogens (tertiary/aromatic N) is 1. The van der Waals surface area contributed by atoms with Crippen molar-refractivity contribution in [2.45, 2.75) is 18.5 Å². The lowest BCUT2D eigenvalue weighted by Crippen LogP contribution is -2.18. The molecule has 1 heterocycles. The molecular weight excluding hydrogens is 349 g/mol. The van der Waals surface area contributed by atoms with Crippen LogP contribution in [0, 0.1) is 5.82 Å². The number of nitrogens with one attached hydrogen (secondary N) is 2. The van der Waals surface area contributed by atoms with E-state index in [1.165, 1.54) is 18.2 Å². The van der Waals surface area contributed by atoms with Crippen LogP contribution < -0.4 is 10.9 Å². The zero-order chi connectivity index (χ0) is 18.2. The summed E-state index contributed by atoms with van der Waals surface area (Å²) < 4.78 is 18.6. The van der Waals surface area contributed by atoms with Crippen molar-refractivity contribution in [1.29, 1.82) is 0 Å². The molecule has 0 saturated carbocycles. The molecule has 0 aliphatic rings. The molecule has 0 aliphatic carbocycles. The van der Waals surface area contributed by atoms with Gasteiger partial charge in [-0.3, -0.25) is 9.59 Å². The fraction of sp³-hybridized carbons (Fsp3) is 0.312. The first kappa shape index (κ1) is 18.9. The number of para-hydroxylation sites is 1. The van der Waals surface area contributed by atoms with Gasteiger partial charge in [-0.2, -0.15) is 4.98 Å². The molecule has 2 rings (SSSR count). The summed E-state index contributed by atoms with van der Waals surface area (Å²) >= 11 is 0.927. The molecule has 9 heteroatoms. The van der Waals surface area contributed by atoms with Gasteiger partial charge in [-0.15, -0.1) is 0 Å². The largest absolute Gasteiger partial charge is 0.493 e. The summed E-state index contributed by atoms with van der Waals surface area (Å²) in [5.74, 6) is -1.49. The molecule has 0 aliphatic heterocycles. The molecule has 3 N–H and O–H groups in total. The average Bonchev–Trinajstić information content (AvgIpc) is 2.57. The Bertz CT molecular complexity index is 797. The molecule has 0 unspecified atom stereocenters. The number of ether oxygens (including phenoxy) is 1. The Balaban J connectivity index is 1.95. The zero-order valence-electron chi connectivity index (χ0n) is 13.5. The molecule has 25 heavy (non-hydrogen) atoms. The van der Waals surface area contributed by atoms with Gasteiger partial charge < -0.3 is 20.1 Å². The van der Waals surface area contributed by atoms with Crippen molar-refractivity contribution in [3.8, 4) is 5.88 Å². The molecule has 1 aromatic carbocycles. The number of hydrogen-bond acceptors (Lipinski definition) is 6. The van der Waals surface area contributed by atoms with Crippen molar-refractivity contribution in [1.82, 2.24) is 9.97 Å². The predicted octanol–water partition coefficient (Wildman–Crippen LogP) is 1.92. The molecular formula is C16H18FN3O4S. The molecule has 0 bridgehead atoms. The number of aromatic nitrogens is 2. The Labute approximate surface area is 147 Å². The number of thioether (sulfide) groups is 1. The van der Waals surface area contributed by atoms with Gasteiger partial charge in [0.25, 0.3) is 5.56 Å². The van der Waals surface area contributed by atoms with Crippen LogP contribution in [0.3, 0.4) is 0 Å². The van der Waals surface area contributed by atoms with Crippen LogP contribution in [0.15, 0.2) is 34.2 Å².